The highest BCUT2D eigenvalue weighted by Gasteiger charge is 2.30. The van der Waals surface area contributed by atoms with Crippen LogP contribution in [0.5, 0.6) is 0 Å². The van der Waals surface area contributed by atoms with Gasteiger partial charge in [0.1, 0.15) is 11.2 Å². The van der Waals surface area contributed by atoms with Crippen molar-refractivity contribution in [1.29, 1.82) is 0 Å². The molecule has 0 aliphatic carbocycles. The number of piperidine rings is 1. The molecule has 7 nitrogen and oxygen atoms in total. The van der Waals surface area contributed by atoms with Gasteiger partial charge in [0.05, 0.1) is 18.7 Å². The number of furan rings is 1. The molecule has 0 radical (unpaired) electrons. The van der Waals surface area contributed by atoms with Crippen molar-refractivity contribution in [2.45, 2.75) is 45.1 Å². The Morgan fingerprint density at radius 1 is 1.36 bits per heavy atom. The quantitative estimate of drug-likeness (QED) is 0.615. The zero-order valence-corrected chi connectivity index (χ0v) is 16.0. The Morgan fingerprint density at radius 2 is 2.14 bits per heavy atom. The van der Waals surface area contributed by atoms with Gasteiger partial charge in [-0.15, -0.1) is 0 Å². The van der Waals surface area contributed by atoms with Crippen molar-refractivity contribution in [2.75, 3.05) is 6.54 Å². The normalized spacial score (nSPS) is 16.9. The molecular formula is C21H22N2O5. The van der Waals surface area contributed by atoms with Gasteiger partial charge in [-0.05, 0) is 45.4 Å². The van der Waals surface area contributed by atoms with Gasteiger partial charge in [0.2, 0.25) is 11.8 Å². The zero-order chi connectivity index (χ0) is 20.3. The first kappa shape index (κ1) is 19.5. The molecule has 2 aromatic rings. The molecule has 1 unspecified atom stereocenters. The standard InChI is InChI=1S/C21H22N2O5/c1-21(2,3)28-20(26)22-10-4-5-13-6-8-17-15(11-13)16(12-27-17)14-7-9-18(24)23-19(14)25/h6,8,11-12,14H,7,9-10H2,1-3H3,(H,22,26)(H,23,24,25). The number of imide groups is 1. The van der Waals surface area contributed by atoms with Crippen LogP contribution >= 0.6 is 0 Å². The number of carbonyl (C=O) groups is 3. The molecule has 0 saturated carbocycles. The smallest absolute Gasteiger partial charge is 0.408 e. The first-order chi connectivity index (χ1) is 13.2. The predicted molar refractivity (Wildman–Crippen MR) is 102 cm³/mol. The Labute approximate surface area is 162 Å². The van der Waals surface area contributed by atoms with Gasteiger partial charge in [-0.1, -0.05) is 11.8 Å². The third-order valence-electron chi connectivity index (χ3n) is 4.17. The molecule has 1 atom stereocenters. The van der Waals surface area contributed by atoms with E-state index in [0.717, 1.165) is 16.5 Å². The third kappa shape index (κ3) is 4.71. The van der Waals surface area contributed by atoms with Gasteiger partial charge in [0.25, 0.3) is 0 Å². The lowest BCUT2D eigenvalue weighted by atomic mass is 9.90. The molecule has 3 amide bonds. The lowest BCUT2D eigenvalue weighted by molar-refractivity contribution is -0.134. The molecule has 0 bridgehead atoms. The Hall–Kier alpha value is -3.27. The summed E-state index contributed by atoms with van der Waals surface area (Å²) in [4.78, 5) is 35.1. The fourth-order valence-electron chi connectivity index (χ4n) is 2.96. The summed E-state index contributed by atoms with van der Waals surface area (Å²) in [5.41, 5.74) is 1.57. The number of amides is 3. The number of carbonyl (C=O) groups excluding carboxylic acids is 3. The second-order valence-electron chi connectivity index (χ2n) is 7.56. The van der Waals surface area contributed by atoms with Gasteiger partial charge in [-0.25, -0.2) is 4.79 Å². The van der Waals surface area contributed by atoms with Gasteiger partial charge in [0, 0.05) is 22.9 Å². The van der Waals surface area contributed by atoms with Crippen LogP contribution < -0.4 is 10.6 Å². The maximum atomic E-state index is 12.2. The molecule has 2 heterocycles. The largest absolute Gasteiger partial charge is 0.464 e. The van der Waals surface area contributed by atoms with Crippen LogP contribution in [-0.2, 0) is 14.3 Å². The monoisotopic (exact) mass is 382 g/mol. The van der Waals surface area contributed by atoms with E-state index in [2.05, 4.69) is 22.5 Å². The van der Waals surface area contributed by atoms with Gasteiger partial charge in [0.15, 0.2) is 0 Å². The summed E-state index contributed by atoms with van der Waals surface area (Å²) in [5.74, 6) is 4.87. The molecule has 1 saturated heterocycles. The van der Waals surface area contributed by atoms with Crippen LogP contribution in [-0.4, -0.2) is 30.1 Å². The molecule has 28 heavy (non-hydrogen) atoms. The molecule has 1 aliphatic rings. The number of rotatable bonds is 2. The minimum Gasteiger partial charge on any atom is -0.464 e. The first-order valence-electron chi connectivity index (χ1n) is 9.03. The van der Waals surface area contributed by atoms with Crippen molar-refractivity contribution >= 4 is 28.9 Å². The first-order valence-corrected chi connectivity index (χ1v) is 9.03. The topological polar surface area (TPSA) is 97.6 Å². The van der Waals surface area contributed by atoms with Crippen molar-refractivity contribution in [1.82, 2.24) is 10.6 Å². The molecule has 0 spiro atoms. The Kier molecular flexibility index (Phi) is 5.41. The second kappa shape index (κ2) is 7.77. The summed E-state index contributed by atoms with van der Waals surface area (Å²) in [6, 6.07) is 5.44. The van der Waals surface area contributed by atoms with E-state index in [9.17, 15) is 14.4 Å². The summed E-state index contributed by atoms with van der Waals surface area (Å²) >= 11 is 0. The molecule has 1 aliphatic heterocycles. The van der Waals surface area contributed by atoms with Crippen LogP contribution in [0.2, 0.25) is 0 Å². The second-order valence-corrected chi connectivity index (χ2v) is 7.56. The molecule has 2 N–H and O–H groups in total. The van der Waals surface area contributed by atoms with Crippen molar-refractivity contribution in [3.63, 3.8) is 0 Å². The van der Waals surface area contributed by atoms with Gasteiger partial charge < -0.3 is 14.5 Å². The Balaban J connectivity index is 1.72. The summed E-state index contributed by atoms with van der Waals surface area (Å²) < 4.78 is 10.7. The van der Waals surface area contributed by atoms with E-state index < -0.39 is 17.6 Å². The lowest BCUT2D eigenvalue weighted by Gasteiger charge is -2.19. The van der Waals surface area contributed by atoms with Crippen molar-refractivity contribution in [3.05, 3.63) is 35.6 Å². The summed E-state index contributed by atoms with van der Waals surface area (Å²) in [6.45, 7) is 5.52. The van der Waals surface area contributed by atoms with Crippen LogP contribution in [0.3, 0.4) is 0 Å². The number of hydrogen-bond donors (Lipinski definition) is 2. The minimum atomic E-state index is -0.559. The van der Waals surface area contributed by atoms with E-state index >= 15 is 0 Å². The molecular weight excluding hydrogens is 360 g/mol. The van der Waals surface area contributed by atoms with Crippen LogP contribution in [0.25, 0.3) is 11.0 Å². The Bertz CT molecular complexity index is 988. The third-order valence-corrected chi connectivity index (χ3v) is 4.17. The maximum Gasteiger partial charge on any atom is 0.408 e. The number of hydrogen-bond acceptors (Lipinski definition) is 5. The van der Waals surface area contributed by atoms with E-state index in [1.54, 1.807) is 39.2 Å². The highest BCUT2D eigenvalue weighted by molar-refractivity contribution is 6.02. The molecule has 146 valence electrons. The van der Waals surface area contributed by atoms with E-state index in [-0.39, 0.29) is 18.4 Å². The van der Waals surface area contributed by atoms with Crippen LogP contribution in [0.4, 0.5) is 4.79 Å². The van der Waals surface area contributed by atoms with E-state index in [0.29, 0.717) is 18.4 Å². The van der Waals surface area contributed by atoms with Crippen LogP contribution in [0, 0.1) is 11.8 Å². The SMILES string of the molecule is CC(C)(C)OC(=O)NCC#Cc1ccc2occ(C3CCC(=O)NC3=O)c2c1. The molecule has 1 aromatic heterocycles. The number of ether oxygens (including phenoxy) is 1. The van der Waals surface area contributed by atoms with Gasteiger partial charge in [-0.3, -0.25) is 14.9 Å². The summed E-state index contributed by atoms with van der Waals surface area (Å²) in [5, 5.41) is 5.74. The van der Waals surface area contributed by atoms with E-state index in [1.807, 2.05) is 6.07 Å². The maximum absolute atomic E-state index is 12.2. The number of fused-ring (bicyclic) bond motifs is 1. The Morgan fingerprint density at radius 3 is 2.86 bits per heavy atom. The highest BCUT2D eigenvalue weighted by atomic mass is 16.6. The zero-order valence-electron chi connectivity index (χ0n) is 16.0. The van der Waals surface area contributed by atoms with Gasteiger partial charge >= 0.3 is 6.09 Å². The minimum absolute atomic E-state index is 0.151. The molecule has 7 heteroatoms. The summed E-state index contributed by atoms with van der Waals surface area (Å²) in [7, 11) is 0. The van der Waals surface area contributed by atoms with Crippen LogP contribution in [0.1, 0.15) is 50.7 Å². The number of alkyl carbamates (subject to hydrolysis) is 1. The fraction of sp³-hybridized carbons (Fsp3) is 0.381. The number of nitrogens with one attached hydrogen (secondary N) is 2. The highest BCUT2D eigenvalue weighted by Crippen LogP contribution is 2.32. The molecule has 1 fully saturated rings. The molecule has 3 rings (SSSR count). The number of benzene rings is 1. The van der Waals surface area contributed by atoms with Gasteiger partial charge in [-0.2, -0.15) is 0 Å². The predicted octanol–water partition coefficient (Wildman–Crippen LogP) is 2.83. The van der Waals surface area contributed by atoms with Crippen molar-refractivity contribution in [2.24, 2.45) is 0 Å². The average Bonchev–Trinajstić information content (AvgIpc) is 3.00. The lowest BCUT2D eigenvalue weighted by Crippen LogP contribution is -2.39. The fourth-order valence-corrected chi connectivity index (χ4v) is 2.96. The summed E-state index contributed by atoms with van der Waals surface area (Å²) in [6.07, 6.45) is 1.80. The average molecular weight is 382 g/mol. The van der Waals surface area contributed by atoms with E-state index in [1.165, 1.54) is 0 Å². The van der Waals surface area contributed by atoms with E-state index in [4.69, 9.17) is 9.15 Å². The van der Waals surface area contributed by atoms with Crippen molar-refractivity contribution in [3.8, 4) is 11.8 Å². The molecule has 1 aromatic carbocycles. The van der Waals surface area contributed by atoms with Crippen molar-refractivity contribution < 1.29 is 23.5 Å². The van der Waals surface area contributed by atoms with Crippen LogP contribution in [0.15, 0.2) is 28.9 Å².